The van der Waals surface area contributed by atoms with Crippen LogP contribution in [0.1, 0.15) is 19.7 Å². The average molecular weight is 179 g/mol. The van der Waals surface area contributed by atoms with Gasteiger partial charge >= 0.3 is 0 Å². The van der Waals surface area contributed by atoms with Gasteiger partial charge in [0.15, 0.2) is 5.82 Å². The van der Waals surface area contributed by atoms with Crippen molar-refractivity contribution < 1.29 is 0 Å². The van der Waals surface area contributed by atoms with Gasteiger partial charge in [-0.1, -0.05) is 6.58 Å². The van der Waals surface area contributed by atoms with E-state index in [4.69, 9.17) is 5.73 Å². The lowest BCUT2D eigenvalue weighted by atomic mass is 10.3. The van der Waals surface area contributed by atoms with Crippen LogP contribution < -0.4 is 11.1 Å². The molecule has 0 unspecified atom stereocenters. The Bertz CT molecular complexity index is 320. The molecule has 0 spiro atoms. The fourth-order valence-corrected chi connectivity index (χ4v) is 0.820. The van der Waals surface area contributed by atoms with Gasteiger partial charge in [0, 0.05) is 6.54 Å². The first-order valence-electron chi connectivity index (χ1n) is 4.04. The Labute approximate surface area is 77.1 Å². The molecule has 1 aromatic heterocycles. The third kappa shape index (κ3) is 2.40. The van der Waals surface area contributed by atoms with Crippen molar-refractivity contribution in [3.63, 3.8) is 0 Å². The van der Waals surface area contributed by atoms with Gasteiger partial charge in [-0.15, -0.1) is 0 Å². The van der Waals surface area contributed by atoms with Crippen molar-refractivity contribution in [2.45, 2.75) is 13.8 Å². The number of anilines is 2. The lowest BCUT2D eigenvalue weighted by Crippen LogP contribution is -2.08. The number of hydrogen-bond donors (Lipinski definition) is 2. The molecule has 0 bridgehead atoms. The van der Waals surface area contributed by atoms with Gasteiger partial charge in [-0.25, -0.2) is 0 Å². The quantitative estimate of drug-likeness (QED) is 0.721. The molecule has 13 heavy (non-hydrogen) atoms. The van der Waals surface area contributed by atoms with Crippen LogP contribution in [0.5, 0.6) is 0 Å². The van der Waals surface area contributed by atoms with E-state index in [1.165, 1.54) is 0 Å². The molecular weight excluding hydrogens is 166 g/mol. The minimum Gasteiger partial charge on any atom is -0.368 e. The van der Waals surface area contributed by atoms with Crippen LogP contribution in [-0.4, -0.2) is 21.5 Å². The van der Waals surface area contributed by atoms with Crippen molar-refractivity contribution in [2.24, 2.45) is 0 Å². The van der Waals surface area contributed by atoms with Crippen molar-refractivity contribution >= 4 is 17.5 Å². The lowest BCUT2D eigenvalue weighted by Gasteiger charge is -2.04. The second-order valence-electron chi connectivity index (χ2n) is 2.65. The number of nitrogens with zero attached hydrogens (tertiary/aromatic N) is 3. The molecule has 0 radical (unpaired) electrons. The monoisotopic (exact) mass is 179 g/mol. The summed E-state index contributed by atoms with van der Waals surface area (Å²) in [7, 11) is 0. The number of nitrogens with two attached hydrogens (primary N) is 1. The number of allylic oxidation sites excluding steroid dienone is 1. The van der Waals surface area contributed by atoms with E-state index < -0.39 is 0 Å². The lowest BCUT2D eigenvalue weighted by molar-refractivity contribution is 1.01. The van der Waals surface area contributed by atoms with Crippen LogP contribution >= 0.6 is 0 Å². The number of nitrogen functional groups attached to an aromatic ring is 1. The SMILES string of the molecule is C=C(C)c1nc(N)nc(NCC)n1. The summed E-state index contributed by atoms with van der Waals surface area (Å²) in [6.45, 7) is 8.26. The summed E-state index contributed by atoms with van der Waals surface area (Å²) in [5.74, 6) is 1.24. The van der Waals surface area contributed by atoms with E-state index in [0.29, 0.717) is 11.8 Å². The molecule has 0 aliphatic carbocycles. The molecule has 1 heterocycles. The molecule has 0 aliphatic rings. The molecule has 70 valence electrons. The summed E-state index contributed by atoms with van der Waals surface area (Å²) < 4.78 is 0. The second-order valence-corrected chi connectivity index (χ2v) is 2.65. The highest BCUT2D eigenvalue weighted by Crippen LogP contribution is 2.08. The Kier molecular flexibility index (Phi) is 2.79. The van der Waals surface area contributed by atoms with Gasteiger partial charge in [0.2, 0.25) is 11.9 Å². The van der Waals surface area contributed by atoms with E-state index >= 15 is 0 Å². The van der Waals surface area contributed by atoms with Crippen LogP contribution in [0, 0.1) is 0 Å². The van der Waals surface area contributed by atoms with Crippen LogP contribution in [0.2, 0.25) is 0 Å². The maximum atomic E-state index is 5.48. The van der Waals surface area contributed by atoms with Crippen molar-refractivity contribution in [1.82, 2.24) is 15.0 Å². The van der Waals surface area contributed by atoms with Gasteiger partial charge < -0.3 is 11.1 Å². The summed E-state index contributed by atoms with van der Waals surface area (Å²) in [6, 6.07) is 0. The largest absolute Gasteiger partial charge is 0.368 e. The normalized spacial score (nSPS) is 9.69. The van der Waals surface area contributed by atoms with Gasteiger partial charge in [-0.3, -0.25) is 0 Å². The van der Waals surface area contributed by atoms with Gasteiger partial charge in [-0.05, 0) is 19.4 Å². The van der Waals surface area contributed by atoms with Crippen molar-refractivity contribution in [1.29, 1.82) is 0 Å². The zero-order chi connectivity index (χ0) is 9.84. The predicted octanol–water partition coefficient (Wildman–Crippen LogP) is 0.919. The second kappa shape index (κ2) is 3.84. The highest BCUT2D eigenvalue weighted by molar-refractivity contribution is 5.56. The summed E-state index contributed by atoms with van der Waals surface area (Å²) in [5, 5.41) is 2.96. The number of hydrogen-bond acceptors (Lipinski definition) is 5. The Morgan fingerprint density at radius 3 is 2.69 bits per heavy atom. The molecule has 3 N–H and O–H groups in total. The fourth-order valence-electron chi connectivity index (χ4n) is 0.820. The highest BCUT2D eigenvalue weighted by atomic mass is 15.2. The molecule has 0 aliphatic heterocycles. The molecule has 0 saturated heterocycles. The Morgan fingerprint density at radius 1 is 1.46 bits per heavy atom. The van der Waals surface area contributed by atoms with E-state index in [1.54, 1.807) is 0 Å². The van der Waals surface area contributed by atoms with Crippen LogP contribution in [-0.2, 0) is 0 Å². The molecular formula is C8H13N5. The van der Waals surface area contributed by atoms with Crippen LogP contribution in [0.25, 0.3) is 5.57 Å². The summed E-state index contributed by atoms with van der Waals surface area (Å²) in [6.07, 6.45) is 0. The van der Waals surface area contributed by atoms with E-state index in [1.807, 2.05) is 13.8 Å². The van der Waals surface area contributed by atoms with E-state index in [-0.39, 0.29) is 5.95 Å². The molecule has 1 aromatic rings. The molecule has 0 fully saturated rings. The molecule has 5 nitrogen and oxygen atoms in total. The summed E-state index contributed by atoms with van der Waals surface area (Å²) >= 11 is 0. The fraction of sp³-hybridized carbons (Fsp3) is 0.375. The Balaban J connectivity index is 3.03. The Morgan fingerprint density at radius 2 is 2.15 bits per heavy atom. The van der Waals surface area contributed by atoms with Gasteiger partial charge in [0.05, 0.1) is 0 Å². The summed E-state index contributed by atoms with van der Waals surface area (Å²) in [5.41, 5.74) is 6.26. The third-order valence-electron chi connectivity index (χ3n) is 1.37. The van der Waals surface area contributed by atoms with E-state index in [2.05, 4.69) is 26.8 Å². The zero-order valence-electron chi connectivity index (χ0n) is 7.83. The first-order chi connectivity index (χ1) is 6.13. The average Bonchev–Trinajstić information content (AvgIpc) is 2.03. The molecule has 0 saturated carbocycles. The van der Waals surface area contributed by atoms with Gasteiger partial charge in [0.1, 0.15) is 0 Å². The van der Waals surface area contributed by atoms with Crippen LogP contribution in [0.4, 0.5) is 11.9 Å². The third-order valence-corrected chi connectivity index (χ3v) is 1.37. The maximum absolute atomic E-state index is 5.48. The topological polar surface area (TPSA) is 76.7 Å². The molecule has 0 atom stereocenters. The first-order valence-corrected chi connectivity index (χ1v) is 4.04. The predicted molar refractivity (Wildman–Crippen MR) is 53.1 cm³/mol. The molecule has 1 rings (SSSR count). The van der Waals surface area contributed by atoms with Crippen LogP contribution in [0.3, 0.4) is 0 Å². The summed E-state index contributed by atoms with van der Waals surface area (Å²) in [4.78, 5) is 12.0. The maximum Gasteiger partial charge on any atom is 0.228 e. The number of rotatable bonds is 3. The number of nitrogens with one attached hydrogen (secondary N) is 1. The minimum absolute atomic E-state index is 0.212. The van der Waals surface area contributed by atoms with Crippen molar-refractivity contribution in [3.05, 3.63) is 12.4 Å². The Hall–Kier alpha value is -1.65. The molecule has 0 amide bonds. The van der Waals surface area contributed by atoms with Crippen molar-refractivity contribution in [3.8, 4) is 0 Å². The minimum atomic E-state index is 0.212. The van der Waals surface area contributed by atoms with E-state index in [0.717, 1.165) is 12.1 Å². The smallest absolute Gasteiger partial charge is 0.228 e. The highest BCUT2D eigenvalue weighted by Gasteiger charge is 2.02. The first kappa shape index (κ1) is 9.44. The van der Waals surface area contributed by atoms with Crippen LogP contribution in [0.15, 0.2) is 6.58 Å². The van der Waals surface area contributed by atoms with Crippen molar-refractivity contribution in [2.75, 3.05) is 17.6 Å². The standard InChI is InChI=1S/C8H13N5/c1-4-10-8-12-6(5(2)3)11-7(9)13-8/h2,4H2,1,3H3,(H3,9,10,11,12,13). The van der Waals surface area contributed by atoms with E-state index in [9.17, 15) is 0 Å². The molecule has 5 heteroatoms. The number of aromatic nitrogens is 3. The zero-order valence-corrected chi connectivity index (χ0v) is 7.83. The van der Waals surface area contributed by atoms with Gasteiger partial charge in [-0.2, -0.15) is 15.0 Å². The van der Waals surface area contributed by atoms with Gasteiger partial charge in [0.25, 0.3) is 0 Å². The molecule has 0 aromatic carbocycles.